The van der Waals surface area contributed by atoms with E-state index in [-0.39, 0.29) is 24.7 Å². The fourth-order valence-electron chi connectivity index (χ4n) is 3.01. The third kappa shape index (κ3) is 4.34. The standard InChI is InChI=1S/C19H21F6N3/c1-12(2)26-9-13-3-5-14(6-4-13)16-27-15(18(20,21)22)10-28(16)11-17(7-8-17)19(23,24)25/h3-6,10,12,26H,7-9,11H2,1-2H3. The lowest BCUT2D eigenvalue weighted by molar-refractivity contribution is -0.190. The van der Waals surface area contributed by atoms with E-state index in [2.05, 4.69) is 10.3 Å². The molecule has 3 nitrogen and oxygen atoms in total. The maximum absolute atomic E-state index is 13.3. The van der Waals surface area contributed by atoms with Crippen LogP contribution in [0.1, 0.15) is 37.9 Å². The second-order valence-electron chi connectivity index (χ2n) is 7.59. The van der Waals surface area contributed by atoms with Gasteiger partial charge in [-0.3, -0.25) is 0 Å². The van der Waals surface area contributed by atoms with Crippen molar-refractivity contribution in [2.75, 3.05) is 0 Å². The van der Waals surface area contributed by atoms with Gasteiger partial charge in [-0.2, -0.15) is 26.3 Å². The highest BCUT2D eigenvalue weighted by atomic mass is 19.4. The maximum Gasteiger partial charge on any atom is 0.434 e. The summed E-state index contributed by atoms with van der Waals surface area (Å²) in [5.41, 5.74) is -1.89. The van der Waals surface area contributed by atoms with Crippen LogP contribution in [0.3, 0.4) is 0 Å². The van der Waals surface area contributed by atoms with Crippen molar-refractivity contribution >= 4 is 0 Å². The lowest BCUT2D eigenvalue weighted by Crippen LogP contribution is -2.29. The average molecular weight is 405 g/mol. The molecule has 0 radical (unpaired) electrons. The Morgan fingerprint density at radius 2 is 1.68 bits per heavy atom. The van der Waals surface area contributed by atoms with Crippen LogP contribution in [0.5, 0.6) is 0 Å². The predicted molar refractivity (Wildman–Crippen MR) is 92.4 cm³/mol. The van der Waals surface area contributed by atoms with E-state index in [1.54, 1.807) is 24.3 Å². The summed E-state index contributed by atoms with van der Waals surface area (Å²) in [6.07, 6.45) is -8.69. The zero-order valence-electron chi connectivity index (χ0n) is 15.5. The summed E-state index contributed by atoms with van der Waals surface area (Å²) in [6.45, 7) is 3.99. The molecule has 1 aliphatic carbocycles. The van der Waals surface area contributed by atoms with Gasteiger partial charge in [0.25, 0.3) is 0 Å². The average Bonchev–Trinajstić information content (AvgIpc) is 3.24. The third-order valence-corrected chi connectivity index (χ3v) is 4.92. The van der Waals surface area contributed by atoms with Crippen molar-refractivity contribution in [1.82, 2.24) is 14.9 Å². The number of halogens is 6. The molecular weight excluding hydrogens is 384 g/mol. The van der Waals surface area contributed by atoms with Crippen LogP contribution in [0.4, 0.5) is 26.3 Å². The Kier molecular flexibility index (Phi) is 5.24. The first-order valence-electron chi connectivity index (χ1n) is 8.95. The normalized spacial score (nSPS) is 16.6. The highest BCUT2D eigenvalue weighted by molar-refractivity contribution is 5.57. The zero-order valence-corrected chi connectivity index (χ0v) is 15.5. The number of rotatable bonds is 6. The predicted octanol–water partition coefficient (Wildman–Crippen LogP) is 5.41. The van der Waals surface area contributed by atoms with Gasteiger partial charge >= 0.3 is 12.4 Å². The van der Waals surface area contributed by atoms with Crippen LogP contribution in [-0.2, 0) is 19.3 Å². The third-order valence-electron chi connectivity index (χ3n) is 4.92. The molecule has 0 unspecified atom stereocenters. The van der Waals surface area contributed by atoms with Crippen molar-refractivity contribution in [2.24, 2.45) is 5.41 Å². The van der Waals surface area contributed by atoms with Crippen LogP contribution in [0, 0.1) is 5.41 Å². The van der Waals surface area contributed by atoms with E-state index in [4.69, 9.17) is 0 Å². The van der Waals surface area contributed by atoms with Crippen LogP contribution in [0.15, 0.2) is 30.5 Å². The Balaban J connectivity index is 1.92. The molecule has 1 aromatic carbocycles. The number of aromatic nitrogens is 2. The Bertz CT molecular complexity index is 814. The van der Waals surface area contributed by atoms with Crippen molar-refractivity contribution in [3.63, 3.8) is 0 Å². The molecule has 0 amide bonds. The molecular formula is C19H21F6N3. The van der Waals surface area contributed by atoms with E-state index in [0.29, 0.717) is 18.3 Å². The van der Waals surface area contributed by atoms with Crippen molar-refractivity contribution in [1.29, 1.82) is 0 Å². The van der Waals surface area contributed by atoms with Crippen LogP contribution < -0.4 is 5.32 Å². The topological polar surface area (TPSA) is 29.9 Å². The highest BCUT2D eigenvalue weighted by Crippen LogP contribution is 2.59. The molecule has 0 spiro atoms. The number of nitrogens with zero attached hydrogens (tertiary/aromatic N) is 2. The second kappa shape index (κ2) is 7.09. The SMILES string of the molecule is CC(C)NCc1ccc(-c2nc(C(F)(F)F)cn2CC2(C(F)(F)F)CC2)cc1. The van der Waals surface area contributed by atoms with E-state index in [0.717, 1.165) is 10.1 Å². The molecule has 1 aliphatic rings. The van der Waals surface area contributed by atoms with Gasteiger partial charge in [-0.25, -0.2) is 4.98 Å². The molecule has 1 saturated carbocycles. The van der Waals surface area contributed by atoms with Crippen molar-refractivity contribution in [3.05, 3.63) is 41.7 Å². The Hall–Kier alpha value is -2.03. The molecule has 1 aromatic heterocycles. The number of imidazole rings is 1. The smallest absolute Gasteiger partial charge is 0.329 e. The molecule has 0 bridgehead atoms. The molecule has 154 valence electrons. The van der Waals surface area contributed by atoms with Gasteiger partial charge in [0.2, 0.25) is 0 Å². The monoisotopic (exact) mass is 405 g/mol. The van der Waals surface area contributed by atoms with E-state index < -0.39 is 30.0 Å². The second-order valence-corrected chi connectivity index (χ2v) is 7.59. The number of hydrogen-bond acceptors (Lipinski definition) is 2. The minimum Gasteiger partial charge on any atom is -0.329 e. The fourth-order valence-corrected chi connectivity index (χ4v) is 3.01. The lowest BCUT2D eigenvalue weighted by atomic mass is 10.1. The minimum absolute atomic E-state index is 0.0880. The van der Waals surface area contributed by atoms with E-state index in [9.17, 15) is 26.3 Å². The Morgan fingerprint density at radius 3 is 2.14 bits per heavy atom. The number of alkyl halides is 6. The summed E-state index contributed by atoms with van der Waals surface area (Å²) in [7, 11) is 0. The molecule has 3 rings (SSSR count). The van der Waals surface area contributed by atoms with Gasteiger partial charge in [0.15, 0.2) is 5.69 Å². The largest absolute Gasteiger partial charge is 0.434 e. The van der Waals surface area contributed by atoms with Crippen LogP contribution >= 0.6 is 0 Å². The number of nitrogens with one attached hydrogen (secondary N) is 1. The van der Waals surface area contributed by atoms with Crippen molar-refractivity contribution < 1.29 is 26.3 Å². The summed E-state index contributed by atoms with van der Waals surface area (Å²) in [5, 5.41) is 3.22. The lowest BCUT2D eigenvalue weighted by Gasteiger charge is -2.20. The number of benzene rings is 1. The molecule has 2 aromatic rings. The highest BCUT2D eigenvalue weighted by Gasteiger charge is 2.63. The molecule has 9 heteroatoms. The van der Waals surface area contributed by atoms with Gasteiger partial charge < -0.3 is 9.88 Å². The van der Waals surface area contributed by atoms with Crippen LogP contribution in [-0.4, -0.2) is 21.8 Å². The summed E-state index contributed by atoms with van der Waals surface area (Å²) < 4.78 is 80.2. The van der Waals surface area contributed by atoms with Crippen molar-refractivity contribution in [3.8, 4) is 11.4 Å². The molecule has 1 N–H and O–H groups in total. The first-order chi connectivity index (χ1) is 12.9. The molecule has 0 saturated heterocycles. The van der Waals surface area contributed by atoms with Gasteiger partial charge in [-0.15, -0.1) is 0 Å². The fraction of sp³-hybridized carbons (Fsp3) is 0.526. The summed E-state index contributed by atoms with van der Waals surface area (Å²) in [4.78, 5) is 3.60. The van der Waals surface area contributed by atoms with E-state index in [1.165, 1.54) is 0 Å². The van der Waals surface area contributed by atoms with Gasteiger partial charge in [-0.05, 0) is 18.4 Å². The van der Waals surface area contributed by atoms with Crippen molar-refractivity contribution in [2.45, 2.75) is 58.2 Å². The summed E-state index contributed by atoms with van der Waals surface area (Å²) in [6, 6.07) is 6.90. The molecule has 1 fully saturated rings. The summed E-state index contributed by atoms with van der Waals surface area (Å²) >= 11 is 0. The van der Waals surface area contributed by atoms with Gasteiger partial charge in [0.1, 0.15) is 5.82 Å². The molecule has 0 atom stereocenters. The van der Waals surface area contributed by atoms with E-state index >= 15 is 0 Å². The minimum atomic E-state index is -4.73. The molecule has 0 aliphatic heterocycles. The molecule has 28 heavy (non-hydrogen) atoms. The Labute approximate surface area is 158 Å². The van der Waals surface area contributed by atoms with Gasteiger partial charge in [-0.1, -0.05) is 38.1 Å². The van der Waals surface area contributed by atoms with Crippen LogP contribution in [0.2, 0.25) is 0 Å². The quantitative estimate of drug-likeness (QED) is 0.652. The van der Waals surface area contributed by atoms with Crippen LogP contribution in [0.25, 0.3) is 11.4 Å². The van der Waals surface area contributed by atoms with E-state index in [1.807, 2.05) is 13.8 Å². The first kappa shape index (κ1) is 20.7. The van der Waals surface area contributed by atoms with Gasteiger partial charge in [0.05, 0.1) is 5.41 Å². The Morgan fingerprint density at radius 1 is 1.07 bits per heavy atom. The van der Waals surface area contributed by atoms with Gasteiger partial charge in [0, 0.05) is 30.9 Å². The molecule has 1 heterocycles. The number of hydrogen-bond donors (Lipinski definition) is 1. The maximum atomic E-state index is 13.3. The first-order valence-corrected chi connectivity index (χ1v) is 8.95. The summed E-state index contributed by atoms with van der Waals surface area (Å²) in [5.74, 6) is -0.105. The zero-order chi connectivity index (χ0) is 20.7.